The lowest BCUT2D eigenvalue weighted by molar-refractivity contribution is 0.502. The maximum absolute atomic E-state index is 9.72. The molecule has 3 rings (SSSR count). The Morgan fingerprint density at radius 2 is 1.89 bits per heavy atom. The number of fused-ring (bicyclic) bond motifs is 1. The summed E-state index contributed by atoms with van der Waals surface area (Å²) in [7, 11) is 0. The molecule has 0 amide bonds. The minimum absolute atomic E-state index is 0.141. The molecule has 2 aliphatic carbocycles. The normalized spacial score (nSPS) is 28.1. The molecular formula is C18H15N. The van der Waals surface area contributed by atoms with Gasteiger partial charge in [0, 0.05) is 5.92 Å². The molecule has 0 bridgehead atoms. The fourth-order valence-electron chi connectivity index (χ4n) is 2.90. The predicted molar refractivity (Wildman–Crippen MR) is 78.0 cm³/mol. The van der Waals surface area contributed by atoms with Crippen molar-refractivity contribution in [1.82, 2.24) is 0 Å². The van der Waals surface area contributed by atoms with E-state index in [9.17, 15) is 5.26 Å². The number of rotatable bonds is 1. The Morgan fingerprint density at radius 1 is 1.11 bits per heavy atom. The molecule has 2 unspecified atom stereocenters. The molecule has 0 N–H and O–H groups in total. The summed E-state index contributed by atoms with van der Waals surface area (Å²) < 4.78 is 0. The molecule has 1 aromatic rings. The molecule has 1 aromatic carbocycles. The summed E-state index contributed by atoms with van der Waals surface area (Å²) in [5, 5.41) is 9.72. The Balaban J connectivity index is 2.17. The zero-order valence-corrected chi connectivity index (χ0v) is 10.9. The minimum atomic E-state index is -0.490. The lowest BCUT2D eigenvalue weighted by Gasteiger charge is -2.26. The van der Waals surface area contributed by atoms with Crippen molar-refractivity contribution in [1.29, 1.82) is 5.26 Å². The van der Waals surface area contributed by atoms with Gasteiger partial charge in [0.25, 0.3) is 0 Å². The summed E-state index contributed by atoms with van der Waals surface area (Å²) >= 11 is 0. The highest BCUT2D eigenvalue weighted by Gasteiger charge is 2.43. The lowest BCUT2D eigenvalue weighted by Crippen LogP contribution is -2.22. The number of hydrogen-bond donors (Lipinski definition) is 0. The largest absolute Gasteiger partial charge is 0.197 e. The highest BCUT2D eigenvalue weighted by atomic mass is 14.5. The summed E-state index contributed by atoms with van der Waals surface area (Å²) in [5.41, 5.74) is 2.98. The molecule has 0 saturated carbocycles. The van der Waals surface area contributed by atoms with Gasteiger partial charge in [0.05, 0.1) is 11.5 Å². The topological polar surface area (TPSA) is 23.8 Å². The summed E-state index contributed by atoms with van der Waals surface area (Å²) in [5.74, 6) is 0.141. The van der Waals surface area contributed by atoms with Crippen LogP contribution in [0.15, 0.2) is 72.4 Å². The van der Waals surface area contributed by atoms with E-state index in [1.165, 1.54) is 5.57 Å². The molecule has 19 heavy (non-hydrogen) atoms. The molecule has 1 nitrogen and oxygen atoms in total. The van der Waals surface area contributed by atoms with Gasteiger partial charge in [0.15, 0.2) is 0 Å². The Hall–Kier alpha value is -2.33. The van der Waals surface area contributed by atoms with Crippen LogP contribution in [-0.2, 0) is 0 Å². The van der Waals surface area contributed by atoms with Crippen molar-refractivity contribution >= 4 is 5.57 Å². The van der Waals surface area contributed by atoms with Gasteiger partial charge in [0.1, 0.15) is 0 Å². The van der Waals surface area contributed by atoms with E-state index in [2.05, 4.69) is 36.4 Å². The van der Waals surface area contributed by atoms with E-state index in [-0.39, 0.29) is 5.92 Å². The third-order valence-corrected chi connectivity index (χ3v) is 3.98. The van der Waals surface area contributed by atoms with Crippen LogP contribution >= 0.6 is 0 Å². The number of allylic oxidation sites excluding steroid dienone is 8. The molecule has 0 saturated heterocycles. The highest BCUT2D eigenvalue weighted by molar-refractivity contribution is 5.80. The second kappa shape index (κ2) is 4.40. The van der Waals surface area contributed by atoms with Gasteiger partial charge in [-0.05, 0) is 23.6 Å². The Labute approximate surface area is 113 Å². The molecule has 0 spiro atoms. The Morgan fingerprint density at radius 3 is 2.63 bits per heavy atom. The Bertz CT molecular complexity index is 653. The molecule has 2 aliphatic rings. The van der Waals surface area contributed by atoms with E-state index in [4.69, 9.17) is 0 Å². The van der Waals surface area contributed by atoms with Crippen LogP contribution in [0.5, 0.6) is 0 Å². The van der Waals surface area contributed by atoms with Crippen molar-refractivity contribution in [3.05, 3.63) is 77.9 Å². The number of benzene rings is 1. The number of hydrogen-bond acceptors (Lipinski definition) is 1. The minimum Gasteiger partial charge on any atom is -0.197 e. The zero-order chi connectivity index (χ0) is 13.3. The molecule has 0 aliphatic heterocycles. The predicted octanol–water partition coefficient (Wildman–Crippen LogP) is 4.28. The molecule has 0 fully saturated rings. The molecule has 0 aromatic heterocycles. The van der Waals surface area contributed by atoms with Crippen molar-refractivity contribution in [2.24, 2.45) is 11.3 Å². The van der Waals surface area contributed by atoms with Crippen LogP contribution in [0.3, 0.4) is 0 Å². The molecule has 92 valence electrons. The van der Waals surface area contributed by atoms with Crippen molar-refractivity contribution in [3.8, 4) is 6.07 Å². The Kier molecular flexibility index (Phi) is 2.72. The van der Waals surface area contributed by atoms with Crippen LogP contribution in [0.1, 0.15) is 12.5 Å². The van der Waals surface area contributed by atoms with Gasteiger partial charge in [-0.2, -0.15) is 5.26 Å². The van der Waals surface area contributed by atoms with Crippen LogP contribution in [0, 0.1) is 22.7 Å². The number of nitriles is 1. The highest BCUT2D eigenvalue weighted by Crippen LogP contribution is 2.51. The van der Waals surface area contributed by atoms with Crippen molar-refractivity contribution in [2.75, 3.05) is 0 Å². The van der Waals surface area contributed by atoms with Crippen molar-refractivity contribution in [2.45, 2.75) is 6.92 Å². The van der Waals surface area contributed by atoms with Crippen molar-refractivity contribution < 1.29 is 0 Å². The molecule has 1 heteroatoms. The summed E-state index contributed by atoms with van der Waals surface area (Å²) in [6, 6.07) is 12.7. The molecule has 0 heterocycles. The fourth-order valence-corrected chi connectivity index (χ4v) is 2.90. The first kappa shape index (κ1) is 11.7. The van der Waals surface area contributed by atoms with E-state index in [0.29, 0.717) is 0 Å². The van der Waals surface area contributed by atoms with E-state index in [1.54, 1.807) is 0 Å². The first-order valence-electron chi connectivity index (χ1n) is 6.49. The van der Waals surface area contributed by atoms with Gasteiger partial charge in [-0.15, -0.1) is 0 Å². The second-order valence-corrected chi connectivity index (χ2v) is 5.15. The van der Waals surface area contributed by atoms with Crippen LogP contribution in [0.4, 0.5) is 0 Å². The average Bonchev–Trinajstić information content (AvgIpc) is 2.62. The van der Waals surface area contributed by atoms with Crippen LogP contribution < -0.4 is 0 Å². The van der Waals surface area contributed by atoms with E-state index in [1.807, 2.05) is 43.4 Å². The smallest absolute Gasteiger partial charge is 0.0902 e. The van der Waals surface area contributed by atoms with Gasteiger partial charge in [-0.3, -0.25) is 0 Å². The van der Waals surface area contributed by atoms with Gasteiger partial charge in [-0.25, -0.2) is 0 Å². The molecular weight excluding hydrogens is 230 g/mol. The quantitative estimate of drug-likeness (QED) is 0.724. The SMILES string of the molecule is CC1(C#N)C(c2ccccc2)=CC2=CC=CC=CC21. The third kappa shape index (κ3) is 1.77. The first-order valence-corrected chi connectivity index (χ1v) is 6.49. The molecule has 0 radical (unpaired) electrons. The van der Waals surface area contributed by atoms with Crippen molar-refractivity contribution in [3.63, 3.8) is 0 Å². The lowest BCUT2D eigenvalue weighted by atomic mass is 9.73. The summed E-state index contributed by atoms with van der Waals surface area (Å²) in [6.07, 6.45) is 12.5. The van der Waals surface area contributed by atoms with Crippen LogP contribution in [0.25, 0.3) is 5.57 Å². The second-order valence-electron chi connectivity index (χ2n) is 5.15. The summed E-state index contributed by atoms with van der Waals surface area (Å²) in [6.45, 7) is 2.03. The average molecular weight is 245 g/mol. The zero-order valence-electron chi connectivity index (χ0n) is 10.9. The van der Waals surface area contributed by atoms with E-state index >= 15 is 0 Å². The van der Waals surface area contributed by atoms with E-state index in [0.717, 1.165) is 11.1 Å². The monoisotopic (exact) mass is 245 g/mol. The van der Waals surface area contributed by atoms with Gasteiger partial charge >= 0.3 is 0 Å². The third-order valence-electron chi connectivity index (χ3n) is 3.98. The standard InChI is InChI=1S/C18H15N/c1-18(13-19)16-11-7-3-6-10-15(16)12-17(18)14-8-4-2-5-9-14/h2-12,16H,1H3. The summed E-state index contributed by atoms with van der Waals surface area (Å²) in [4.78, 5) is 0. The number of nitrogens with zero attached hydrogens (tertiary/aromatic N) is 1. The molecule has 2 atom stereocenters. The first-order chi connectivity index (χ1) is 9.25. The van der Waals surface area contributed by atoms with E-state index < -0.39 is 5.41 Å². The van der Waals surface area contributed by atoms with Crippen LogP contribution in [0.2, 0.25) is 0 Å². The maximum atomic E-state index is 9.72. The van der Waals surface area contributed by atoms with Gasteiger partial charge in [-0.1, -0.05) is 66.8 Å². The van der Waals surface area contributed by atoms with Gasteiger partial charge in [0.2, 0.25) is 0 Å². The maximum Gasteiger partial charge on any atom is 0.0902 e. The van der Waals surface area contributed by atoms with Crippen LogP contribution in [-0.4, -0.2) is 0 Å². The fraction of sp³-hybridized carbons (Fsp3) is 0.167. The van der Waals surface area contributed by atoms with Gasteiger partial charge < -0.3 is 0 Å².